The Hall–Kier alpha value is 1.01. The standard InChI is InChI=1S/C7H5NO3S.Ca.Na.H3O4P.3H/c9-7-5-3-1-2-4-6(5)12(10,11)8-7;;;1-5(2,3)4;;;/h1-4H,(H,8,9);;;(H3,1,2,3,4);;;. The van der Waals surface area contributed by atoms with Gasteiger partial charge >= 0.3 is 75.1 Å². The Labute approximate surface area is 161 Å². The normalized spacial score (nSPS) is 14.8. The van der Waals surface area contributed by atoms with Gasteiger partial charge in [0.25, 0.3) is 15.9 Å². The SMILES string of the molecule is O=C1NS(=O)(=O)c2ccccc21.O=P(O)(O)O.[CaH2].[NaH]. The molecule has 1 aliphatic rings. The number of benzene rings is 1. The van der Waals surface area contributed by atoms with Crippen molar-refractivity contribution in [3.05, 3.63) is 29.8 Å². The molecule has 1 aromatic carbocycles. The van der Waals surface area contributed by atoms with Crippen LogP contribution in [0, 0.1) is 0 Å². The van der Waals surface area contributed by atoms with Crippen LogP contribution in [0.4, 0.5) is 0 Å². The van der Waals surface area contributed by atoms with E-state index in [4.69, 9.17) is 19.2 Å². The van der Waals surface area contributed by atoms with E-state index in [1.165, 1.54) is 12.1 Å². The number of hydrogen-bond acceptors (Lipinski definition) is 4. The quantitative estimate of drug-likeness (QED) is 0.303. The minimum atomic E-state index is -4.64. The second-order valence-electron chi connectivity index (χ2n) is 2.94. The van der Waals surface area contributed by atoms with Crippen molar-refractivity contribution >= 4 is 91.0 Å². The van der Waals surface area contributed by atoms with E-state index in [2.05, 4.69) is 0 Å². The van der Waals surface area contributed by atoms with Gasteiger partial charge in [0.05, 0.1) is 5.56 Å². The summed E-state index contributed by atoms with van der Waals surface area (Å²) < 4.78 is 33.0. The summed E-state index contributed by atoms with van der Waals surface area (Å²) >= 11 is 0. The fourth-order valence-corrected chi connectivity index (χ4v) is 2.29. The molecule has 0 fully saturated rings. The van der Waals surface area contributed by atoms with E-state index in [0.29, 0.717) is 0 Å². The molecule has 8 nitrogen and oxygen atoms in total. The van der Waals surface area contributed by atoms with E-state index < -0.39 is 23.8 Å². The van der Waals surface area contributed by atoms with Crippen molar-refractivity contribution in [3.63, 3.8) is 0 Å². The van der Waals surface area contributed by atoms with Crippen molar-refractivity contribution in [2.24, 2.45) is 0 Å². The van der Waals surface area contributed by atoms with E-state index in [1.54, 1.807) is 12.1 Å². The number of amides is 1. The Morgan fingerprint density at radius 3 is 1.95 bits per heavy atom. The van der Waals surface area contributed by atoms with Crippen LogP contribution in [0.2, 0.25) is 0 Å². The Morgan fingerprint density at radius 2 is 1.53 bits per heavy atom. The van der Waals surface area contributed by atoms with Crippen LogP contribution in [0.25, 0.3) is 0 Å². The second-order valence-corrected chi connectivity index (χ2v) is 5.62. The number of carbonyl (C=O) groups is 1. The van der Waals surface area contributed by atoms with Gasteiger partial charge in [0.2, 0.25) is 0 Å². The molecule has 100 valence electrons. The van der Waals surface area contributed by atoms with Crippen molar-refractivity contribution in [3.8, 4) is 0 Å². The van der Waals surface area contributed by atoms with Gasteiger partial charge in [-0.05, 0) is 12.1 Å². The second kappa shape index (κ2) is 8.45. The van der Waals surface area contributed by atoms with Gasteiger partial charge in [-0.15, -0.1) is 0 Å². The monoisotopic (exact) mass is 347 g/mol. The van der Waals surface area contributed by atoms with Gasteiger partial charge in [0.15, 0.2) is 0 Å². The summed E-state index contributed by atoms with van der Waals surface area (Å²) in [7, 11) is -8.19. The number of nitrogens with one attached hydrogen (secondary N) is 1. The van der Waals surface area contributed by atoms with Crippen LogP contribution in [-0.2, 0) is 14.6 Å². The molecule has 0 radical (unpaired) electrons. The number of sulfonamides is 1. The number of fused-ring (bicyclic) bond motifs is 1. The maximum atomic E-state index is 11.1. The maximum absolute atomic E-state index is 11.1. The van der Waals surface area contributed by atoms with Crippen molar-refractivity contribution in [1.82, 2.24) is 4.72 Å². The zero-order valence-corrected chi connectivity index (χ0v) is 9.85. The van der Waals surface area contributed by atoms with E-state index in [0.717, 1.165) is 0 Å². The first-order valence-electron chi connectivity index (χ1n) is 4.06. The number of carbonyl (C=O) groups excluding carboxylic acids is 1. The molecule has 1 amide bonds. The molecule has 0 atom stereocenters. The zero-order chi connectivity index (χ0) is 13.3. The summed E-state index contributed by atoms with van der Waals surface area (Å²) in [5.41, 5.74) is 0.220. The summed E-state index contributed by atoms with van der Waals surface area (Å²) in [4.78, 5) is 32.6. The van der Waals surface area contributed by atoms with Crippen LogP contribution < -0.4 is 4.72 Å². The molecule has 12 heteroatoms. The number of rotatable bonds is 0. The number of phosphoric acid groups is 1. The third-order valence-electron chi connectivity index (χ3n) is 1.65. The summed E-state index contributed by atoms with van der Waals surface area (Å²) in [5.74, 6) is -0.550. The van der Waals surface area contributed by atoms with Crippen molar-refractivity contribution in [2.75, 3.05) is 0 Å². The molecule has 2 rings (SSSR count). The third kappa shape index (κ3) is 7.54. The fourth-order valence-electron chi connectivity index (χ4n) is 1.12. The summed E-state index contributed by atoms with van der Waals surface area (Å²) in [5, 5.41) is 0. The molecule has 1 aliphatic heterocycles. The molecular formula is C7H11CaNNaO7PS. The third-order valence-corrected chi connectivity index (χ3v) is 3.04. The van der Waals surface area contributed by atoms with E-state index >= 15 is 0 Å². The molecule has 4 N–H and O–H groups in total. The van der Waals surface area contributed by atoms with Crippen molar-refractivity contribution in [2.45, 2.75) is 4.90 Å². The Bertz CT molecular complexity index is 593. The van der Waals surface area contributed by atoms with Gasteiger partial charge in [-0.25, -0.2) is 17.7 Å². The summed E-state index contributed by atoms with van der Waals surface area (Å²) in [6, 6.07) is 6.09. The predicted molar refractivity (Wildman–Crippen MR) is 71.0 cm³/mol. The van der Waals surface area contributed by atoms with Crippen molar-refractivity contribution in [1.29, 1.82) is 0 Å². The van der Waals surface area contributed by atoms with E-state index in [1.807, 2.05) is 4.72 Å². The predicted octanol–water partition coefficient (Wildman–Crippen LogP) is -2.37. The Kier molecular flexibility index (Phi) is 9.92. The van der Waals surface area contributed by atoms with E-state index in [-0.39, 0.29) is 77.8 Å². The fraction of sp³-hybridized carbons (Fsp3) is 0. The zero-order valence-electron chi connectivity index (χ0n) is 8.14. The molecule has 0 spiro atoms. The Balaban J connectivity index is 0. The van der Waals surface area contributed by atoms with Gasteiger partial charge in [0, 0.05) is 0 Å². The van der Waals surface area contributed by atoms with Crippen LogP contribution in [0.3, 0.4) is 0 Å². The molecule has 0 bridgehead atoms. The van der Waals surface area contributed by atoms with E-state index in [9.17, 15) is 13.2 Å². The average Bonchev–Trinajstić information content (AvgIpc) is 2.36. The Morgan fingerprint density at radius 1 is 1.11 bits per heavy atom. The van der Waals surface area contributed by atoms with Crippen LogP contribution in [-0.4, -0.2) is 96.3 Å². The first-order valence-corrected chi connectivity index (χ1v) is 7.10. The summed E-state index contributed by atoms with van der Waals surface area (Å²) in [6.07, 6.45) is 0. The van der Waals surface area contributed by atoms with Crippen molar-refractivity contribution < 1.29 is 32.5 Å². The molecule has 19 heavy (non-hydrogen) atoms. The average molecular weight is 347 g/mol. The molecule has 0 aromatic heterocycles. The van der Waals surface area contributed by atoms with Crippen LogP contribution in [0.1, 0.15) is 10.4 Å². The molecule has 1 aromatic rings. The minimum absolute atomic E-state index is 0. The van der Waals surface area contributed by atoms with Gasteiger partial charge in [-0.3, -0.25) is 4.79 Å². The molecule has 0 unspecified atom stereocenters. The first-order chi connectivity index (χ1) is 7.61. The molecule has 0 aliphatic carbocycles. The molecule has 0 saturated heterocycles. The topological polar surface area (TPSA) is 141 Å². The first kappa shape index (κ1) is 22.3. The van der Waals surface area contributed by atoms with Gasteiger partial charge in [-0.2, -0.15) is 0 Å². The van der Waals surface area contributed by atoms with Crippen LogP contribution >= 0.6 is 7.82 Å². The molecular weight excluding hydrogens is 336 g/mol. The molecule has 0 saturated carbocycles. The van der Waals surface area contributed by atoms with Gasteiger partial charge < -0.3 is 14.7 Å². The molecule has 1 heterocycles. The van der Waals surface area contributed by atoms with Crippen LogP contribution in [0.15, 0.2) is 29.2 Å². The van der Waals surface area contributed by atoms with Crippen LogP contribution in [0.5, 0.6) is 0 Å². The van der Waals surface area contributed by atoms with Gasteiger partial charge in [-0.1, -0.05) is 12.1 Å². The number of hydrogen-bond donors (Lipinski definition) is 4. The van der Waals surface area contributed by atoms with Gasteiger partial charge in [0.1, 0.15) is 4.90 Å². The summed E-state index contributed by atoms with van der Waals surface area (Å²) in [6.45, 7) is 0.